The summed E-state index contributed by atoms with van der Waals surface area (Å²) >= 11 is 4.45. The van der Waals surface area contributed by atoms with Gasteiger partial charge in [0.2, 0.25) is 0 Å². The van der Waals surface area contributed by atoms with Gasteiger partial charge in [-0.05, 0) is 18.9 Å². The van der Waals surface area contributed by atoms with Crippen molar-refractivity contribution in [1.82, 2.24) is 0 Å². The molecule has 0 aliphatic rings. The van der Waals surface area contributed by atoms with Gasteiger partial charge in [-0.3, -0.25) is 4.79 Å². The highest BCUT2D eigenvalue weighted by Gasteiger charge is 1.86. The van der Waals surface area contributed by atoms with Crippen LogP contribution in [0.3, 0.4) is 0 Å². The second kappa shape index (κ2) is 7.61. The van der Waals surface area contributed by atoms with Crippen LogP contribution in [-0.2, 0) is 4.79 Å². The zero-order chi connectivity index (χ0) is 8.53. The third-order valence-corrected chi connectivity index (χ3v) is 1.60. The molecule has 2 heteroatoms. The Hall–Kier alpha value is -0.500. The van der Waals surface area contributed by atoms with Gasteiger partial charge in [0.25, 0.3) is 0 Å². The number of hydrogen-bond donors (Lipinski definition) is 0. The van der Waals surface area contributed by atoms with Gasteiger partial charge < -0.3 is 0 Å². The SMILES string of the molecule is CCCCCC=CC(=O)C=S. The molecule has 0 aromatic carbocycles. The second-order valence-corrected chi connectivity index (χ2v) is 2.65. The third kappa shape index (κ3) is 7.40. The van der Waals surface area contributed by atoms with E-state index in [-0.39, 0.29) is 5.78 Å². The van der Waals surface area contributed by atoms with Gasteiger partial charge in [0.15, 0.2) is 5.78 Å². The summed E-state index contributed by atoms with van der Waals surface area (Å²) in [7, 11) is 0. The standard InChI is InChI=1S/C9H14OS/c1-2-3-4-5-6-7-9(10)8-11/h6-8H,2-5H2,1H3. The van der Waals surface area contributed by atoms with Crippen molar-refractivity contribution in [2.75, 3.05) is 0 Å². The lowest BCUT2D eigenvalue weighted by Gasteiger charge is -1.89. The van der Waals surface area contributed by atoms with Crippen molar-refractivity contribution in [3.63, 3.8) is 0 Å². The smallest absolute Gasteiger partial charge is 0.188 e. The molecule has 0 bridgehead atoms. The van der Waals surface area contributed by atoms with Crippen molar-refractivity contribution in [2.24, 2.45) is 0 Å². The van der Waals surface area contributed by atoms with Crippen molar-refractivity contribution in [3.8, 4) is 0 Å². The van der Waals surface area contributed by atoms with Crippen molar-refractivity contribution in [1.29, 1.82) is 0 Å². The lowest BCUT2D eigenvalue weighted by molar-refractivity contribution is -0.108. The topological polar surface area (TPSA) is 17.1 Å². The van der Waals surface area contributed by atoms with Crippen molar-refractivity contribution in [2.45, 2.75) is 32.6 Å². The van der Waals surface area contributed by atoms with E-state index in [1.165, 1.54) is 12.8 Å². The molecule has 0 unspecified atom stereocenters. The molecule has 0 rings (SSSR count). The van der Waals surface area contributed by atoms with E-state index < -0.39 is 0 Å². The number of carbonyl (C=O) groups excluding carboxylic acids is 1. The van der Waals surface area contributed by atoms with Gasteiger partial charge in [0.05, 0.1) is 0 Å². The van der Waals surface area contributed by atoms with Crippen molar-refractivity contribution < 1.29 is 4.79 Å². The largest absolute Gasteiger partial charge is 0.289 e. The van der Waals surface area contributed by atoms with Gasteiger partial charge in [-0.1, -0.05) is 38.1 Å². The van der Waals surface area contributed by atoms with Gasteiger partial charge in [-0.15, -0.1) is 0 Å². The summed E-state index contributed by atoms with van der Waals surface area (Å²) in [5.41, 5.74) is 0. The van der Waals surface area contributed by atoms with Crippen LogP contribution in [0.2, 0.25) is 0 Å². The van der Waals surface area contributed by atoms with Crippen LogP contribution in [0.5, 0.6) is 0 Å². The van der Waals surface area contributed by atoms with E-state index in [9.17, 15) is 4.79 Å². The number of rotatable bonds is 6. The molecule has 0 aromatic rings. The Morgan fingerprint density at radius 2 is 2.18 bits per heavy atom. The predicted octanol–water partition coefficient (Wildman–Crippen LogP) is 2.69. The molecule has 0 aromatic heterocycles. The number of carbonyl (C=O) groups is 1. The van der Waals surface area contributed by atoms with Crippen LogP contribution in [0.15, 0.2) is 12.2 Å². The van der Waals surface area contributed by atoms with Crippen LogP contribution in [-0.4, -0.2) is 11.2 Å². The lowest BCUT2D eigenvalue weighted by atomic mass is 10.2. The zero-order valence-corrected chi connectivity index (χ0v) is 7.69. The van der Waals surface area contributed by atoms with Crippen LogP contribution < -0.4 is 0 Å². The highest BCUT2D eigenvalue weighted by atomic mass is 32.1. The third-order valence-electron chi connectivity index (χ3n) is 1.37. The van der Waals surface area contributed by atoms with Gasteiger partial charge in [-0.25, -0.2) is 0 Å². The number of ketones is 1. The number of thiocarbonyl (C=S) groups is 1. The van der Waals surface area contributed by atoms with Crippen LogP contribution in [0.4, 0.5) is 0 Å². The average molecular weight is 170 g/mol. The number of allylic oxidation sites excluding steroid dienone is 2. The molecule has 0 aliphatic heterocycles. The molecule has 0 fully saturated rings. The molecule has 11 heavy (non-hydrogen) atoms. The zero-order valence-electron chi connectivity index (χ0n) is 6.88. The van der Waals surface area contributed by atoms with Crippen molar-refractivity contribution >= 4 is 23.4 Å². The second-order valence-electron chi connectivity index (χ2n) is 2.42. The average Bonchev–Trinajstić information content (AvgIpc) is 2.04. The van der Waals surface area contributed by atoms with Gasteiger partial charge in [0, 0.05) is 5.37 Å². The lowest BCUT2D eigenvalue weighted by Crippen LogP contribution is -1.88. The van der Waals surface area contributed by atoms with E-state index in [2.05, 4.69) is 19.1 Å². The Bertz CT molecular complexity index is 150. The van der Waals surface area contributed by atoms with Crippen LogP contribution in [0.1, 0.15) is 32.6 Å². The first-order valence-corrected chi connectivity index (χ1v) is 4.44. The maximum absolute atomic E-state index is 10.6. The van der Waals surface area contributed by atoms with Crippen molar-refractivity contribution in [3.05, 3.63) is 12.2 Å². The van der Waals surface area contributed by atoms with Crippen LogP contribution in [0.25, 0.3) is 0 Å². The molecule has 0 aliphatic carbocycles. The highest BCUT2D eigenvalue weighted by Crippen LogP contribution is 1.99. The van der Waals surface area contributed by atoms with Crippen LogP contribution in [0, 0.1) is 0 Å². The molecule has 0 atom stereocenters. The first kappa shape index (κ1) is 10.5. The summed E-state index contributed by atoms with van der Waals surface area (Å²) in [5.74, 6) is -0.0727. The summed E-state index contributed by atoms with van der Waals surface area (Å²) < 4.78 is 0. The fourth-order valence-electron chi connectivity index (χ4n) is 0.751. The molecular formula is C9H14OS. The summed E-state index contributed by atoms with van der Waals surface area (Å²) in [5, 5.41) is 1.16. The van der Waals surface area contributed by atoms with E-state index in [0.29, 0.717) is 0 Å². The predicted molar refractivity (Wildman–Crippen MR) is 51.9 cm³/mol. The van der Waals surface area contributed by atoms with E-state index in [1.807, 2.05) is 6.08 Å². The fourth-order valence-corrected chi connectivity index (χ4v) is 0.830. The molecule has 0 heterocycles. The molecule has 0 spiro atoms. The van der Waals surface area contributed by atoms with Gasteiger partial charge in [0.1, 0.15) is 0 Å². The van der Waals surface area contributed by atoms with E-state index >= 15 is 0 Å². The van der Waals surface area contributed by atoms with E-state index in [1.54, 1.807) is 6.08 Å². The molecule has 0 saturated carbocycles. The minimum atomic E-state index is -0.0727. The Kier molecular flexibility index (Phi) is 7.26. The van der Waals surface area contributed by atoms with Gasteiger partial charge >= 0.3 is 0 Å². The van der Waals surface area contributed by atoms with E-state index in [4.69, 9.17) is 0 Å². The van der Waals surface area contributed by atoms with E-state index in [0.717, 1.165) is 18.2 Å². The highest BCUT2D eigenvalue weighted by molar-refractivity contribution is 7.80. The maximum atomic E-state index is 10.6. The number of hydrogen-bond acceptors (Lipinski definition) is 2. The Balaban J connectivity index is 3.29. The molecule has 62 valence electrons. The molecule has 0 radical (unpaired) electrons. The molecule has 1 nitrogen and oxygen atoms in total. The monoisotopic (exact) mass is 170 g/mol. The first-order chi connectivity index (χ1) is 5.31. The molecule has 0 N–H and O–H groups in total. The molecule has 0 saturated heterocycles. The molecular weight excluding hydrogens is 156 g/mol. The maximum Gasteiger partial charge on any atom is 0.188 e. The summed E-state index contributed by atoms with van der Waals surface area (Å²) in [6.07, 6.45) is 8.04. The van der Waals surface area contributed by atoms with Gasteiger partial charge in [-0.2, -0.15) is 0 Å². The minimum absolute atomic E-state index is 0.0727. The summed E-state index contributed by atoms with van der Waals surface area (Å²) in [6, 6.07) is 0. The number of unbranched alkanes of at least 4 members (excludes halogenated alkanes) is 3. The summed E-state index contributed by atoms with van der Waals surface area (Å²) in [4.78, 5) is 10.6. The van der Waals surface area contributed by atoms with Crippen LogP contribution >= 0.6 is 12.2 Å². The Morgan fingerprint density at radius 1 is 1.45 bits per heavy atom. The Morgan fingerprint density at radius 3 is 2.73 bits per heavy atom. The molecule has 0 amide bonds. The normalized spacial score (nSPS) is 10.3. The fraction of sp³-hybridized carbons (Fsp3) is 0.556. The summed E-state index contributed by atoms with van der Waals surface area (Å²) in [6.45, 7) is 2.16. The Labute approximate surface area is 73.5 Å². The minimum Gasteiger partial charge on any atom is -0.289 e. The quantitative estimate of drug-likeness (QED) is 0.346. The first-order valence-electron chi connectivity index (χ1n) is 3.97.